The van der Waals surface area contributed by atoms with Gasteiger partial charge in [0.1, 0.15) is 0 Å². The third kappa shape index (κ3) is 2.30. The van der Waals surface area contributed by atoms with Crippen molar-refractivity contribution in [2.45, 2.75) is 37.8 Å². The minimum Gasteiger partial charge on any atom is -0.309 e. The Morgan fingerprint density at radius 2 is 1.90 bits per heavy atom. The van der Waals surface area contributed by atoms with Gasteiger partial charge in [0.2, 0.25) is 0 Å². The molecule has 1 aromatic carbocycles. The first kappa shape index (κ1) is 13.1. The number of H-pyrrole nitrogens is 1. The monoisotopic (exact) mass is 282 g/mol. The van der Waals surface area contributed by atoms with Crippen LogP contribution in [-0.2, 0) is 6.18 Å². The Hall–Kier alpha value is -1.85. The van der Waals surface area contributed by atoms with Crippen molar-refractivity contribution in [3.05, 3.63) is 39.9 Å². The lowest BCUT2D eigenvalue weighted by Crippen LogP contribution is -2.15. The van der Waals surface area contributed by atoms with Gasteiger partial charge in [-0.1, -0.05) is 12.8 Å². The van der Waals surface area contributed by atoms with Crippen LogP contribution in [0.25, 0.3) is 10.9 Å². The molecule has 106 valence electrons. The summed E-state index contributed by atoms with van der Waals surface area (Å²) in [6, 6.07) is 3.32. The van der Waals surface area contributed by atoms with Crippen molar-refractivity contribution in [2.75, 3.05) is 0 Å². The lowest BCUT2D eigenvalue weighted by Gasteiger charge is -2.14. The molecule has 1 saturated carbocycles. The van der Waals surface area contributed by atoms with Crippen LogP contribution in [0.5, 0.6) is 0 Å². The SMILES string of the molecule is O=c1nc2ccc(C(F)(F)F)cc2c(C2CCCC2)[nH]1. The molecule has 1 aliphatic rings. The van der Waals surface area contributed by atoms with Gasteiger partial charge in [0.25, 0.3) is 0 Å². The molecule has 0 saturated heterocycles. The van der Waals surface area contributed by atoms with Crippen molar-refractivity contribution < 1.29 is 13.2 Å². The quantitative estimate of drug-likeness (QED) is 0.868. The van der Waals surface area contributed by atoms with Gasteiger partial charge in [-0.15, -0.1) is 0 Å². The molecule has 20 heavy (non-hydrogen) atoms. The maximum atomic E-state index is 12.8. The van der Waals surface area contributed by atoms with E-state index in [2.05, 4.69) is 9.97 Å². The zero-order chi connectivity index (χ0) is 14.3. The molecule has 0 amide bonds. The van der Waals surface area contributed by atoms with Gasteiger partial charge >= 0.3 is 11.9 Å². The van der Waals surface area contributed by atoms with E-state index in [0.29, 0.717) is 16.6 Å². The van der Waals surface area contributed by atoms with E-state index in [1.807, 2.05) is 0 Å². The molecule has 1 N–H and O–H groups in total. The lowest BCUT2D eigenvalue weighted by molar-refractivity contribution is -0.137. The molecule has 0 aliphatic heterocycles. The molecular formula is C14H13F3N2O. The Labute approximate surface area is 112 Å². The molecule has 6 heteroatoms. The average molecular weight is 282 g/mol. The molecule has 2 aromatic rings. The van der Waals surface area contributed by atoms with Crippen molar-refractivity contribution in [1.29, 1.82) is 0 Å². The number of nitrogens with zero attached hydrogens (tertiary/aromatic N) is 1. The highest BCUT2D eigenvalue weighted by Gasteiger charge is 2.31. The summed E-state index contributed by atoms with van der Waals surface area (Å²) >= 11 is 0. The summed E-state index contributed by atoms with van der Waals surface area (Å²) < 4.78 is 38.4. The zero-order valence-corrected chi connectivity index (χ0v) is 10.6. The van der Waals surface area contributed by atoms with Gasteiger partial charge in [-0.2, -0.15) is 18.2 Å². The van der Waals surface area contributed by atoms with Gasteiger partial charge in [0.05, 0.1) is 11.1 Å². The highest BCUT2D eigenvalue weighted by molar-refractivity contribution is 5.82. The lowest BCUT2D eigenvalue weighted by atomic mass is 9.98. The van der Waals surface area contributed by atoms with Crippen LogP contribution in [0.3, 0.4) is 0 Å². The number of alkyl halides is 3. The number of hydrogen-bond acceptors (Lipinski definition) is 2. The van der Waals surface area contributed by atoms with Gasteiger partial charge in [-0.3, -0.25) is 0 Å². The van der Waals surface area contributed by atoms with Crippen molar-refractivity contribution in [1.82, 2.24) is 9.97 Å². The molecule has 1 aromatic heterocycles. The second kappa shape index (κ2) is 4.61. The maximum absolute atomic E-state index is 12.8. The Morgan fingerprint density at radius 1 is 1.20 bits per heavy atom. The van der Waals surface area contributed by atoms with E-state index in [1.54, 1.807) is 0 Å². The third-order valence-corrected chi connectivity index (χ3v) is 3.84. The first-order chi connectivity index (χ1) is 9.45. The minimum absolute atomic E-state index is 0.122. The van der Waals surface area contributed by atoms with Crippen molar-refractivity contribution in [3.8, 4) is 0 Å². The predicted octanol–water partition coefficient (Wildman–Crippen LogP) is 3.60. The van der Waals surface area contributed by atoms with Gasteiger partial charge < -0.3 is 4.98 Å². The van der Waals surface area contributed by atoms with Crippen LogP contribution in [0, 0.1) is 0 Å². The summed E-state index contributed by atoms with van der Waals surface area (Å²) in [5, 5.41) is 0.409. The summed E-state index contributed by atoms with van der Waals surface area (Å²) in [6.45, 7) is 0. The van der Waals surface area contributed by atoms with Crippen molar-refractivity contribution in [2.24, 2.45) is 0 Å². The summed E-state index contributed by atoms with van der Waals surface area (Å²) in [6.07, 6.45) is -0.529. The van der Waals surface area contributed by atoms with Crippen molar-refractivity contribution in [3.63, 3.8) is 0 Å². The average Bonchev–Trinajstić information content (AvgIpc) is 2.89. The van der Waals surface area contributed by atoms with E-state index < -0.39 is 17.4 Å². The molecule has 1 fully saturated rings. The Morgan fingerprint density at radius 3 is 2.55 bits per heavy atom. The fourth-order valence-electron chi connectivity index (χ4n) is 2.88. The van der Waals surface area contributed by atoms with Crippen LogP contribution in [0.2, 0.25) is 0 Å². The topological polar surface area (TPSA) is 45.8 Å². The highest BCUT2D eigenvalue weighted by Crippen LogP contribution is 2.37. The zero-order valence-electron chi connectivity index (χ0n) is 10.6. The number of benzene rings is 1. The fraction of sp³-hybridized carbons (Fsp3) is 0.429. The van der Waals surface area contributed by atoms with Crippen LogP contribution in [0.4, 0.5) is 13.2 Å². The van der Waals surface area contributed by atoms with Gasteiger partial charge in [0, 0.05) is 11.1 Å². The first-order valence-electron chi connectivity index (χ1n) is 6.56. The minimum atomic E-state index is -4.39. The molecule has 0 unspecified atom stereocenters. The first-order valence-corrected chi connectivity index (χ1v) is 6.56. The molecular weight excluding hydrogens is 269 g/mol. The number of aromatic amines is 1. The molecule has 1 heterocycles. The number of aromatic nitrogens is 2. The molecule has 1 aliphatic carbocycles. The fourth-order valence-corrected chi connectivity index (χ4v) is 2.88. The van der Waals surface area contributed by atoms with Gasteiger partial charge in [-0.25, -0.2) is 4.79 Å². The number of halogens is 3. The summed E-state index contributed by atoms with van der Waals surface area (Å²) in [5.74, 6) is 0.122. The van der Waals surface area contributed by atoms with Crippen LogP contribution >= 0.6 is 0 Å². The van der Waals surface area contributed by atoms with E-state index in [4.69, 9.17) is 0 Å². The second-order valence-electron chi connectivity index (χ2n) is 5.17. The predicted molar refractivity (Wildman–Crippen MR) is 68.6 cm³/mol. The maximum Gasteiger partial charge on any atom is 0.416 e. The molecule has 0 spiro atoms. The van der Waals surface area contributed by atoms with Crippen LogP contribution in [0.1, 0.15) is 42.9 Å². The van der Waals surface area contributed by atoms with Gasteiger partial charge in [-0.05, 0) is 37.0 Å². The third-order valence-electron chi connectivity index (χ3n) is 3.84. The Balaban J connectivity index is 2.23. The summed E-state index contributed by atoms with van der Waals surface area (Å²) in [5.41, 5.74) is -0.287. The standard InChI is InChI=1S/C14H13F3N2O/c15-14(16,17)9-5-6-11-10(7-9)12(19-13(20)18-11)8-3-1-2-4-8/h5-8H,1-4H2,(H,18,19,20). The van der Waals surface area contributed by atoms with Crippen LogP contribution in [-0.4, -0.2) is 9.97 Å². The smallest absolute Gasteiger partial charge is 0.309 e. The Kier molecular flexibility index (Phi) is 3.03. The van der Waals surface area contributed by atoms with E-state index >= 15 is 0 Å². The number of fused-ring (bicyclic) bond motifs is 1. The van der Waals surface area contributed by atoms with Crippen molar-refractivity contribution >= 4 is 10.9 Å². The number of hydrogen-bond donors (Lipinski definition) is 1. The van der Waals surface area contributed by atoms with E-state index in [9.17, 15) is 18.0 Å². The van der Waals surface area contributed by atoms with E-state index in [1.165, 1.54) is 6.07 Å². The van der Waals surface area contributed by atoms with E-state index in [-0.39, 0.29) is 5.92 Å². The normalized spacial score (nSPS) is 16.9. The van der Waals surface area contributed by atoms with Gasteiger partial charge in [0.15, 0.2) is 0 Å². The number of rotatable bonds is 1. The highest BCUT2D eigenvalue weighted by atomic mass is 19.4. The van der Waals surface area contributed by atoms with Crippen LogP contribution in [0.15, 0.2) is 23.0 Å². The molecule has 3 nitrogen and oxygen atoms in total. The molecule has 0 atom stereocenters. The molecule has 3 rings (SSSR count). The number of nitrogens with one attached hydrogen (secondary N) is 1. The largest absolute Gasteiger partial charge is 0.416 e. The molecule has 0 radical (unpaired) electrons. The second-order valence-corrected chi connectivity index (χ2v) is 5.17. The molecule has 0 bridgehead atoms. The van der Waals surface area contributed by atoms with Crippen LogP contribution < -0.4 is 5.69 Å². The Bertz CT molecular complexity index is 700. The van der Waals surface area contributed by atoms with E-state index in [0.717, 1.165) is 37.8 Å². The summed E-state index contributed by atoms with van der Waals surface area (Å²) in [7, 11) is 0. The summed E-state index contributed by atoms with van der Waals surface area (Å²) in [4.78, 5) is 17.9.